The Kier molecular flexibility index (Phi) is 6.18. The zero-order valence-corrected chi connectivity index (χ0v) is 15.9. The smallest absolute Gasteiger partial charge is 0.312 e. The van der Waals surface area contributed by atoms with E-state index in [0.717, 1.165) is 18.2 Å². The van der Waals surface area contributed by atoms with Gasteiger partial charge in [-0.3, -0.25) is 14.9 Å². The number of carbonyl (C=O) groups is 1. The van der Waals surface area contributed by atoms with Gasteiger partial charge in [0, 0.05) is 12.5 Å². The average Bonchev–Trinajstić information content (AvgIpc) is 3.32. The highest BCUT2D eigenvalue weighted by molar-refractivity contribution is 6.32. The zero-order chi connectivity index (χ0) is 22.9. The van der Waals surface area contributed by atoms with Crippen molar-refractivity contribution in [2.24, 2.45) is 5.10 Å². The lowest BCUT2D eigenvalue weighted by atomic mass is 10.1. The number of carbonyl (C=O) groups excluding carboxylic acids is 1. The predicted octanol–water partition coefficient (Wildman–Crippen LogP) is 3.84. The van der Waals surface area contributed by atoms with Gasteiger partial charge < -0.3 is 14.3 Å². The van der Waals surface area contributed by atoms with E-state index in [4.69, 9.17) is 20.8 Å². The number of furan rings is 1. The number of nitrogens with zero attached hydrogens (tertiary/aromatic N) is 3. The zero-order valence-electron chi connectivity index (χ0n) is 15.2. The van der Waals surface area contributed by atoms with Crippen LogP contribution in [0.2, 0.25) is 5.02 Å². The summed E-state index contributed by atoms with van der Waals surface area (Å²) in [5.74, 6) is -2.04. The SMILES string of the molecule is O=C(c1ccc(COc2cc([N+](=O)[O-])ccc2Cl)o1)N1N=C(C(F)F)C[C@]1(O)C(F)F. The Bertz CT molecular complexity index is 1050. The Labute approximate surface area is 175 Å². The van der Waals surface area contributed by atoms with Crippen molar-refractivity contribution in [3.63, 3.8) is 0 Å². The topological polar surface area (TPSA) is 118 Å². The number of alkyl halides is 4. The van der Waals surface area contributed by atoms with Gasteiger partial charge in [-0.1, -0.05) is 11.6 Å². The summed E-state index contributed by atoms with van der Waals surface area (Å²) in [7, 11) is 0. The maximum Gasteiger partial charge on any atom is 0.312 e. The minimum atomic E-state index is -3.58. The van der Waals surface area contributed by atoms with Gasteiger partial charge in [-0.25, -0.2) is 17.6 Å². The summed E-state index contributed by atoms with van der Waals surface area (Å²) in [5.41, 5.74) is -4.61. The summed E-state index contributed by atoms with van der Waals surface area (Å²) in [6, 6.07) is 5.72. The van der Waals surface area contributed by atoms with Gasteiger partial charge in [0.1, 0.15) is 23.8 Å². The highest BCUT2D eigenvalue weighted by Gasteiger charge is 2.54. The maximum atomic E-state index is 13.3. The third kappa shape index (κ3) is 4.46. The molecule has 3 rings (SSSR count). The van der Waals surface area contributed by atoms with Gasteiger partial charge in [-0.2, -0.15) is 10.1 Å². The number of hydrogen-bond acceptors (Lipinski definition) is 7. The number of benzene rings is 1. The number of amides is 1. The second-order valence-corrected chi connectivity index (χ2v) is 6.70. The van der Waals surface area contributed by atoms with Crippen molar-refractivity contribution in [3.05, 3.63) is 57.0 Å². The van der Waals surface area contributed by atoms with Crippen LogP contribution in [0, 0.1) is 10.1 Å². The van der Waals surface area contributed by atoms with E-state index < -0.39 is 47.3 Å². The molecule has 31 heavy (non-hydrogen) atoms. The summed E-state index contributed by atoms with van der Waals surface area (Å²) in [5, 5.41) is 23.9. The molecule has 0 radical (unpaired) electrons. The lowest BCUT2D eigenvalue weighted by Crippen LogP contribution is -2.51. The number of halogens is 5. The molecule has 1 aliphatic heterocycles. The highest BCUT2D eigenvalue weighted by Crippen LogP contribution is 2.35. The van der Waals surface area contributed by atoms with Gasteiger partial charge in [-0.05, 0) is 18.2 Å². The molecule has 0 fully saturated rings. The molecule has 0 unspecified atom stereocenters. The molecule has 1 amide bonds. The van der Waals surface area contributed by atoms with E-state index in [0.29, 0.717) is 0 Å². The van der Waals surface area contributed by atoms with E-state index in [1.54, 1.807) is 0 Å². The number of rotatable bonds is 7. The fourth-order valence-electron chi connectivity index (χ4n) is 2.64. The highest BCUT2D eigenvalue weighted by atomic mass is 35.5. The molecule has 166 valence electrons. The van der Waals surface area contributed by atoms with Crippen LogP contribution in [0.4, 0.5) is 23.2 Å². The first-order chi connectivity index (χ1) is 14.5. The number of hydrazone groups is 1. The molecule has 2 aromatic rings. The lowest BCUT2D eigenvalue weighted by molar-refractivity contribution is -0.384. The molecule has 0 saturated carbocycles. The fourth-order valence-corrected chi connectivity index (χ4v) is 2.82. The fraction of sp³-hybridized carbons (Fsp3) is 0.294. The Morgan fingerprint density at radius 2 is 2.06 bits per heavy atom. The Balaban J connectivity index is 1.77. The van der Waals surface area contributed by atoms with Crippen LogP contribution in [-0.4, -0.2) is 45.2 Å². The number of ether oxygens (including phenoxy) is 1. The number of non-ortho nitro benzene ring substituents is 1. The van der Waals surface area contributed by atoms with E-state index in [-0.39, 0.29) is 33.8 Å². The van der Waals surface area contributed by atoms with Crippen LogP contribution in [0.25, 0.3) is 0 Å². The number of nitro groups is 1. The van der Waals surface area contributed by atoms with E-state index in [9.17, 15) is 37.6 Å². The summed E-state index contributed by atoms with van der Waals surface area (Å²) in [6.07, 6.45) is -8.05. The van der Waals surface area contributed by atoms with Crippen molar-refractivity contribution in [2.75, 3.05) is 0 Å². The van der Waals surface area contributed by atoms with Gasteiger partial charge in [0.15, 0.2) is 5.76 Å². The van der Waals surface area contributed by atoms with E-state index in [1.807, 2.05) is 0 Å². The molecule has 1 aliphatic rings. The molecule has 0 saturated heterocycles. The standard InChI is InChI=1S/C17H12ClF4N3O6/c18-10-3-1-8(25(28)29)5-13(10)30-7-9-2-4-12(31-9)15(26)24-17(27,16(21)22)6-11(23-24)14(19)20/h1-5,14,16,27H,6-7H2/t17-/m0/s1. The second kappa shape index (κ2) is 8.51. The molecular weight excluding hydrogens is 454 g/mol. The Hall–Kier alpha value is -3.19. The van der Waals surface area contributed by atoms with Crippen molar-refractivity contribution >= 4 is 28.9 Å². The quantitative estimate of drug-likeness (QED) is 0.377. The molecule has 0 aliphatic carbocycles. The van der Waals surface area contributed by atoms with E-state index >= 15 is 0 Å². The first-order valence-corrected chi connectivity index (χ1v) is 8.76. The minimum absolute atomic E-state index is 0.0243. The van der Waals surface area contributed by atoms with Crippen molar-refractivity contribution in [1.82, 2.24) is 5.01 Å². The van der Waals surface area contributed by atoms with Crippen molar-refractivity contribution in [2.45, 2.75) is 31.6 Å². The molecule has 2 heterocycles. The predicted molar refractivity (Wildman–Crippen MR) is 96.3 cm³/mol. The number of nitro benzene ring substituents is 1. The first-order valence-electron chi connectivity index (χ1n) is 8.39. The molecule has 1 aromatic carbocycles. The molecule has 14 heteroatoms. The molecule has 0 bridgehead atoms. The maximum absolute atomic E-state index is 13.3. The monoisotopic (exact) mass is 465 g/mol. The van der Waals surface area contributed by atoms with Gasteiger partial charge in [-0.15, -0.1) is 0 Å². The van der Waals surface area contributed by atoms with E-state index in [2.05, 4.69) is 5.10 Å². The molecule has 1 aromatic heterocycles. The van der Waals surface area contributed by atoms with Gasteiger partial charge in [0.25, 0.3) is 18.5 Å². The van der Waals surface area contributed by atoms with Gasteiger partial charge in [0.2, 0.25) is 5.72 Å². The number of aliphatic hydroxyl groups is 1. The van der Waals surface area contributed by atoms with Crippen molar-refractivity contribution in [1.29, 1.82) is 0 Å². The molecular formula is C17H12ClF4N3O6. The normalized spacial score (nSPS) is 18.6. The van der Waals surface area contributed by atoms with Crippen molar-refractivity contribution in [3.8, 4) is 5.75 Å². The van der Waals surface area contributed by atoms with Crippen LogP contribution in [0.1, 0.15) is 22.7 Å². The molecule has 9 nitrogen and oxygen atoms in total. The van der Waals surface area contributed by atoms with Crippen LogP contribution in [-0.2, 0) is 6.61 Å². The third-order valence-electron chi connectivity index (χ3n) is 4.20. The third-order valence-corrected chi connectivity index (χ3v) is 4.51. The average molecular weight is 466 g/mol. The summed E-state index contributed by atoms with van der Waals surface area (Å²) in [6.45, 7) is -0.362. The van der Waals surface area contributed by atoms with E-state index in [1.165, 1.54) is 12.1 Å². The minimum Gasteiger partial charge on any atom is -0.484 e. The van der Waals surface area contributed by atoms with Gasteiger partial charge in [0.05, 0.1) is 16.0 Å². The molecule has 1 N–H and O–H groups in total. The van der Waals surface area contributed by atoms with Crippen LogP contribution >= 0.6 is 11.6 Å². The van der Waals surface area contributed by atoms with Crippen LogP contribution < -0.4 is 4.74 Å². The largest absolute Gasteiger partial charge is 0.484 e. The second-order valence-electron chi connectivity index (χ2n) is 6.29. The van der Waals surface area contributed by atoms with Gasteiger partial charge >= 0.3 is 5.91 Å². The van der Waals surface area contributed by atoms with Crippen LogP contribution in [0.3, 0.4) is 0 Å². The van der Waals surface area contributed by atoms with Crippen LogP contribution in [0.15, 0.2) is 39.9 Å². The van der Waals surface area contributed by atoms with Crippen LogP contribution in [0.5, 0.6) is 5.75 Å². The van der Waals surface area contributed by atoms with Crippen molar-refractivity contribution < 1.29 is 41.5 Å². The molecule has 0 spiro atoms. The summed E-state index contributed by atoms with van der Waals surface area (Å²) in [4.78, 5) is 22.6. The Morgan fingerprint density at radius 1 is 1.35 bits per heavy atom. The summed E-state index contributed by atoms with van der Waals surface area (Å²) >= 11 is 5.90. The number of hydrogen-bond donors (Lipinski definition) is 1. The summed E-state index contributed by atoms with van der Waals surface area (Å²) < 4.78 is 62.7. The first kappa shape index (κ1) is 22.5. The lowest BCUT2D eigenvalue weighted by Gasteiger charge is -2.29. The molecule has 1 atom stereocenters. The Morgan fingerprint density at radius 3 is 2.68 bits per heavy atom.